The second-order valence-electron chi connectivity index (χ2n) is 2.67. The van der Waals surface area contributed by atoms with Gasteiger partial charge in [-0.2, -0.15) is 0 Å². The highest BCUT2D eigenvalue weighted by Gasteiger charge is 2.02. The van der Waals surface area contributed by atoms with Gasteiger partial charge in [-0.05, 0) is 36.0 Å². The van der Waals surface area contributed by atoms with Crippen LogP contribution in [0.2, 0.25) is 0 Å². The lowest BCUT2D eigenvalue weighted by Crippen LogP contribution is -1.77. The third kappa shape index (κ3) is 14.4. The molecule has 4 nitrogen and oxygen atoms in total. The topological polar surface area (TPSA) is 64.9 Å². The van der Waals surface area contributed by atoms with Gasteiger partial charge in [-0.1, -0.05) is 32.9 Å². The van der Waals surface area contributed by atoms with Crippen LogP contribution in [0.25, 0.3) is 0 Å². The van der Waals surface area contributed by atoms with Crippen molar-refractivity contribution in [1.82, 2.24) is 9.97 Å². The molecule has 0 aromatic carbocycles. The quantitative estimate of drug-likeness (QED) is 0.573. The second-order valence-corrected chi connectivity index (χ2v) is 3.42. The van der Waals surface area contributed by atoms with Gasteiger partial charge >= 0.3 is 0 Å². The number of allylic oxidation sites excluding steroid dienone is 2. The van der Waals surface area contributed by atoms with Crippen molar-refractivity contribution in [1.29, 1.82) is 5.41 Å². The molecule has 1 aromatic heterocycles. The number of nitrogens with zero attached hydrogens (tertiary/aromatic N) is 2. The fourth-order valence-electron chi connectivity index (χ4n) is 0.569. The maximum absolute atomic E-state index is 6.90. The first-order chi connectivity index (χ1) is 9.10. The lowest BCUT2D eigenvalue weighted by Gasteiger charge is -1.82. The third-order valence-corrected chi connectivity index (χ3v) is 1.64. The Morgan fingerprint density at radius 3 is 2.05 bits per heavy atom. The van der Waals surface area contributed by atoms with Gasteiger partial charge in [0.1, 0.15) is 5.69 Å². The predicted octanol–water partition coefficient (Wildman–Crippen LogP) is 5.30. The number of aromatic amines is 1. The number of nitrogens with one attached hydrogen (secondary N) is 2. The second kappa shape index (κ2) is 18.9. The van der Waals surface area contributed by atoms with Gasteiger partial charge in [-0.25, -0.2) is 9.98 Å². The molecule has 0 atom stereocenters. The zero-order valence-corrected chi connectivity index (χ0v) is 13.9. The van der Waals surface area contributed by atoms with Crippen LogP contribution in [0.1, 0.15) is 39.8 Å². The molecule has 0 spiro atoms. The van der Waals surface area contributed by atoms with Gasteiger partial charge in [0.05, 0.1) is 0 Å². The maximum atomic E-state index is 6.90. The Kier molecular flexibility index (Phi) is 22.5. The minimum atomic E-state index is 0.446. The van der Waals surface area contributed by atoms with E-state index >= 15 is 0 Å². The molecular formula is C14H25BrN4. The summed E-state index contributed by atoms with van der Waals surface area (Å²) in [5, 5.41) is 6.90. The van der Waals surface area contributed by atoms with Crippen molar-refractivity contribution in [2.45, 2.75) is 34.1 Å². The van der Waals surface area contributed by atoms with E-state index < -0.39 is 0 Å². The average molecular weight is 329 g/mol. The van der Waals surface area contributed by atoms with Crippen LogP contribution < -0.4 is 0 Å². The number of H-pyrrole nitrogens is 1. The van der Waals surface area contributed by atoms with E-state index in [0.717, 1.165) is 12.6 Å². The van der Waals surface area contributed by atoms with Gasteiger partial charge in [-0.3, -0.25) is 0 Å². The van der Waals surface area contributed by atoms with Gasteiger partial charge in [0.15, 0.2) is 10.6 Å². The molecule has 1 rings (SSSR count). The van der Waals surface area contributed by atoms with Crippen molar-refractivity contribution in [2.24, 2.45) is 4.99 Å². The summed E-state index contributed by atoms with van der Waals surface area (Å²) < 4.78 is 0.563. The lowest BCUT2D eigenvalue weighted by atomic mass is 10.5. The van der Waals surface area contributed by atoms with Crippen molar-refractivity contribution < 1.29 is 0 Å². The first-order valence-corrected chi connectivity index (χ1v) is 6.81. The summed E-state index contributed by atoms with van der Waals surface area (Å²) in [6, 6.07) is 0. The van der Waals surface area contributed by atoms with Gasteiger partial charge < -0.3 is 10.4 Å². The summed E-state index contributed by atoms with van der Waals surface area (Å²) in [7, 11) is 0. The van der Waals surface area contributed by atoms with Crippen LogP contribution in [0.3, 0.4) is 0 Å². The molecule has 2 N–H and O–H groups in total. The Morgan fingerprint density at radius 2 is 1.84 bits per heavy atom. The maximum Gasteiger partial charge on any atom is 0.179 e. The van der Waals surface area contributed by atoms with Crippen LogP contribution in [0.4, 0.5) is 5.82 Å². The highest BCUT2D eigenvalue weighted by Crippen LogP contribution is 2.15. The Bertz CT molecular complexity index is 331. The number of aliphatic imine (C=N–C) groups is 1. The fourth-order valence-corrected chi connectivity index (χ4v) is 0.951. The van der Waals surface area contributed by atoms with Crippen molar-refractivity contribution in [3.63, 3.8) is 0 Å². The van der Waals surface area contributed by atoms with E-state index in [9.17, 15) is 0 Å². The largest absolute Gasteiger partial charge is 0.330 e. The molecule has 0 aliphatic heterocycles. The third-order valence-electron chi connectivity index (χ3n) is 1.27. The molecule has 0 radical (unpaired) electrons. The summed E-state index contributed by atoms with van der Waals surface area (Å²) in [4.78, 5) is 10.2. The van der Waals surface area contributed by atoms with E-state index in [1.165, 1.54) is 0 Å². The van der Waals surface area contributed by atoms with Gasteiger partial charge in [0, 0.05) is 6.21 Å². The molecule has 0 saturated carbocycles. The molecule has 1 heterocycles. The molecule has 0 aliphatic rings. The Balaban J connectivity index is -0.000000239. The predicted molar refractivity (Wildman–Crippen MR) is 91.1 cm³/mol. The Hall–Kier alpha value is -1.49. The molecule has 0 aliphatic carbocycles. The number of rotatable bonds is 3. The number of imidazole rings is 1. The highest BCUT2D eigenvalue weighted by atomic mass is 79.9. The molecule has 108 valence electrons. The minimum absolute atomic E-state index is 0.446. The molecule has 5 heteroatoms. The fraction of sp³-hybridized carbons (Fsp3) is 0.357. The van der Waals surface area contributed by atoms with Crippen molar-refractivity contribution in [2.75, 3.05) is 0 Å². The number of halogens is 1. The van der Waals surface area contributed by atoms with E-state index in [2.05, 4.69) is 57.7 Å². The normalized spacial score (nSPS) is 7.21. The smallest absolute Gasteiger partial charge is 0.179 e. The standard InChI is InChI=1S/C5H5BrN4.C4H8.C3H6.C2H6/c1-8-4-3(2-7)9-5(6)10-4;1-3-4-2;1-3-2;1-2/h2,7H,1H2,(H,9,10);3H,1,4H2,2H3;3H,1H2,2H3;1-2H3. The van der Waals surface area contributed by atoms with Gasteiger partial charge in [0.2, 0.25) is 0 Å². The molecule has 1 aromatic rings. The van der Waals surface area contributed by atoms with Crippen LogP contribution >= 0.6 is 15.9 Å². The van der Waals surface area contributed by atoms with Crippen molar-refractivity contribution in [3.05, 3.63) is 35.7 Å². The summed E-state index contributed by atoms with van der Waals surface area (Å²) >= 11 is 3.11. The van der Waals surface area contributed by atoms with E-state index in [4.69, 9.17) is 5.41 Å². The monoisotopic (exact) mass is 328 g/mol. The summed E-state index contributed by atoms with van der Waals surface area (Å²) in [6.07, 6.45) is 5.85. The molecule has 19 heavy (non-hydrogen) atoms. The number of hydrogen-bond acceptors (Lipinski definition) is 3. The zero-order chi connectivity index (χ0) is 15.7. The van der Waals surface area contributed by atoms with Crippen molar-refractivity contribution in [3.8, 4) is 0 Å². The van der Waals surface area contributed by atoms with E-state index in [1.807, 2.05) is 26.8 Å². The average Bonchev–Trinajstić information content (AvgIpc) is 2.82. The summed E-state index contributed by atoms with van der Waals surface area (Å²) in [6.45, 7) is 18.1. The number of aromatic nitrogens is 2. The van der Waals surface area contributed by atoms with Crippen LogP contribution in [0.15, 0.2) is 35.0 Å². The first kappa shape index (κ1) is 22.7. The molecule has 0 saturated heterocycles. The van der Waals surface area contributed by atoms with E-state index in [0.29, 0.717) is 16.2 Å². The Morgan fingerprint density at radius 1 is 1.42 bits per heavy atom. The number of hydrogen-bond donors (Lipinski definition) is 2. The van der Waals surface area contributed by atoms with E-state index in [-0.39, 0.29) is 0 Å². The molecule has 0 fully saturated rings. The van der Waals surface area contributed by atoms with Crippen molar-refractivity contribution >= 4 is 34.7 Å². The van der Waals surface area contributed by atoms with Gasteiger partial charge in [-0.15, -0.1) is 13.2 Å². The lowest BCUT2D eigenvalue weighted by molar-refractivity contribution is 1.23. The molecule has 0 unspecified atom stereocenters. The van der Waals surface area contributed by atoms with Crippen LogP contribution in [-0.2, 0) is 0 Å². The first-order valence-electron chi connectivity index (χ1n) is 6.01. The SMILES string of the molecule is C=CC.C=CCC.C=Nc1nc(Br)[nH]c1C=N.CC. The zero-order valence-electron chi connectivity index (χ0n) is 12.3. The minimum Gasteiger partial charge on any atom is -0.330 e. The van der Waals surface area contributed by atoms with Crippen LogP contribution in [0.5, 0.6) is 0 Å². The highest BCUT2D eigenvalue weighted by molar-refractivity contribution is 9.10. The molecule has 0 bridgehead atoms. The summed E-state index contributed by atoms with van der Waals surface area (Å²) in [5.41, 5.74) is 0.557. The van der Waals surface area contributed by atoms with Crippen LogP contribution in [0, 0.1) is 5.41 Å². The molecular weight excluding hydrogens is 304 g/mol. The summed E-state index contributed by atoms with van der Waals surface area (Å²) in [5.74, 6) is 0.446. The molecule has 0 amide bonds. The van der Waals surface area contributed by atoms with Gasteiger partial charge in [0.25, 0.3) is 0 Å². The van der Waals surface area contributed by atoms with Crippen LogP contribution in [-0.4, -0.2) is 22.9 Å². The Labute approximate surface area is 125 Å². The van der Waals surface area contributed by atoms with E-state index in [1.54, 1.807) is 6.08 Å².